The van der Waals surface area contributed by atoms with Crippen LogP contribution in [0.25, 0.3) is 0 Å². The molecule has 2 aromatic rings. The lowest BCUT2D eigenvalue weighted by atomic mass is 9.97. The molecule has 2 amide bonds. The highest BCUT2D eigenvalue weighted by molar-refractivity contribution is 7.89. The van der Waals surface area contributed by atoms with E-state index < -0.39 is 10.0 Å². The molecule has 2 heterocycles. The van der Waals surface area contributed by atoms with E-state index in [1.54, 1.807) is 47.4 Å². The van der Waals surface area contributed by atoms with Gasteiger partial charge in [-0.3, -0.25) is 9.59 Å². The zero-order chi connectivity index (χ0) is 22.9. The van der Waals surface area contributed by atoms with Gasteiger partial charge in [0.1, 0.15) is 0 Å². The summed E-state index contributed by atoms with van der Waals surface area (Å²) in [6.45, 7) is 2.73. The molecule has 9 heteroatoms. The molecule has 1 N–H and O–H groups in total. The molecular formula is C23H26ClN3O4S. The summed E-state index contributed by atoms with van der Waals surface area (Å²) in [5, 5.41) is 3.31. The number of nitrogens with zero attached hydrogens (tertiary/aromatic N) is 2. The lowest BCUT2D eigenvalue weighted by Crippen LogP contribution is -2.41. The SMILES string of the molecule is CC(=O)N1CCCc2cc(S(=O)(=O)N3CCC(C(=O)Nc4ccccc4Cl)CC3)ccc21. The fourth-order valence-corrected chi connectivity index (χ4v) is 6.07. The van der Waals surface area contributed by atoms with Crippen molar-refractivity contribution in [2.24, 2.45) is 5.92 Å². The topological polar surface area (TPSA) is 86.8 Å². The van der Waals surface area contributed by atoms with Gasteiger partial charge in [0.2, 0.25) is 21.8 Å². The van der Waals surface area contributed by atoms with Gasteiger partial charge in [-0.05, 0) is 61.6 Å². The second-order valence-electron chi connectivity index (χ2n) is 8.21. The van der Waals surface area contributed by atoms with E-state index in [9.17, 15) is 18.0 Å². The molecule has 7 nitrogen and oxygen atoms in total. The monoisotopic (exact) mass is 475 g/mol. The van der Waals surface area contributed by atoms with Gasteiger partial charge in [0, 0.05) is 38.2 Å². The third-order valence-electron chi connectivity index (χ3n) is 6.14. The highest BCUT2D eigenvalue weighted by Gasteiger charge is 2.33. The van der Waals surface area contributed by atoms with Crippen LogP contribution in [0.3, 0.4) is 0 Å². The van der Waals surface area contributed by atoms with Crippen molar-refractivity contribution in [2.75, 3.05) is 29.9 Å². The Bertz CT molecular complexity index is 1140. The highest BCUT2D eigenvalue weighted by atomic mass is 35.5. The number of benzene rings is 2. The Hall–Kier alpha value is -2.42. The van der Waals surface area contributed by atoms with Crippen molar-refractivity contribution in [1.29, 1.82) is 0 Å². The summed E-state index contributed by atoms with van der Waals surface area (Å²) >= 11 is 6.11. The van der Waals surface area contributed by atoms with E-state index in [4.69, 9.17) is 11.6 Å². The maximum atomic E-state index is 13.2. The van der Waals surface area contributed by atoms with Gasteiger partial charge in [-0.25, -0.2) is 8.42 Å². The van der Waals surface area contributed by atoms with Crippen LogP contribution >= 0.6 is 11.6 Å². The minimum absolute atomic E-state index is 0.0429. The van der Waals surface area contributed by atoms with Gasteiger partial charge in [0.15, 0.2) is 0 Å². The van der Waals surface area contributed by atoms with Crippen LogP contribution in [0.5, 0.6) is 0 Å². The molecule has 0 spiro atoms. The van der Waals surface area contributed by atoms with E-state index in [-0.39, 0.29) is 35.7 Å². The smallest absolute Gasteiger partial charge is 0.243 e. The van der Waals surface area contributed by atoms with Crippen molar-refractivity contribution in [3.05, 3.63) is 53.1 Å². The van der Waals surface area contributed by atoms with Crippen LogP contribution in [-0.4, -0.2) is 44.2 Å². The normalized spacial score (nSPS) is 17.6. The van der Waals surface area contributed by atoms with Gasteiger partial charge in [0.25, 0.3) is 0 Å². The lowest BCUT2D eigenvalue weighted by Gasteiger charge is -2.32. The van der Waals surface area contributed by atoms with Crippen molar-refractivity contribution in [3.63, 3.8) is 0 Å². The summed E-state index contributed by atoms with van der Waals surface area (Å²) in [5.74, 6) is -0.461. The lowest BCUT2D eigenvalue weighted by molar-refractivity contribution is -0.121. The summed E-state index contributed by atoms with van der Waals surface area (Å²) in [6.07, 6.45) is 2.44. The number of piperidine rings is 1. The molecule has 0 bridgehead atoms. The fraction of sp³-hybridized carbons (Fsp3) is 0.391. The van der Waals surface area contributed by atoms with E-state index in [2.05, 4.69) is 5.32 Å². The summed E-state index contributed by atoms with van der Waals surface area (Å²) in [5.41, 5.74) is 2.22. The molecule has 170 valence electrons. The van der Waals surface area contributed by atoms with Gasteiger partial charge in [-0.1, -0.05) is 23.7 Å². The van der Waals surface area contributed by atoms with Crippen molar-refractivity contribution < 1.29 is 18.0 Å². The number of amides is 2. The summed E-state index contributed by atoms with van der Waals surface area (Å²) in [6, 6.07) is 12.0. The standard InChI is InChI=1S/C23H26ClN3O4S/c1-16(28)27-12-4-5-18-15-19(8-9-22(18)27)32(30,31)26-13-10-17(11-14-26)23(29)25-21-7-3-2-6-20(21)24/h2-3,6-9,15,17H,4-5,10-14H2,1H3,(H,25,29). The molecule has 0 saturated carbocycles. The Kier molecular flexibility index (Phi) is 6.55. The van der Waals surface area contributed by atoms with Gasteiger partial charge in [-0.2, -0.15) is 4.31 Å². The van der Waals surface area contributed by atoms with Gasteiger partial charge in [0.05, 0.1) is 15.6 Å². The molecule has 2 aliphatic rings. The second-order valence-corrected chi connectivity index (χ2v) is 10.6. The predicted octanol–water partition coefficient (Wildman–Crippen LogP) is 3.68. The first-order valence-corrected chi connectivity index (χ1v) is 12.6. The van der Waals surface area contributed by atoms with Crippen LogP contribution in [0.1, 0.15) is 31.7 Å². The number of nitrogens with one attached hydrogen (secondary N) is 1. The maximum Gasteiger partial charge on any atom is 0.243 e. The van der Waals surface area contributed by atoms with E-state index in [1.807, 2.05) is 0 Å². The van der Waals surface area contributed by atoms with Crippen LogP contribution in [0.15, 0.2) is 47.4 Å². The highest BCUT2D eigenvalue weighted by Crippen LogP contribution is 2.32. The van der Waals surface area contributed by atoms with Crippen LogP contribution in [0.4, 0.5) is 11.4 Å². The average Bonchev–Trinajstić information content (AvgIpc) is 2.79. The van der Waals surface area contributed by atoms with E-state index in [1.165, 1.54) is 11.2 Å². The molecule has 1 fully saturated rings. The van der Waals surface area contributed by atoms with E-state index in [0.717, 1.165) is 24.1 Å². The predicted molar refractivity (Wildman–Crippen MR) is 124 cm³/mol. The Labute approximate surface area is 193 Å². The Morgan fingerprint density at radius 1 is 1.06 bits per heavy atom. The van der Waals surface area contributed by atoms with Crippen molar-refractivity contribution in [2.45, 2.75) is 37.5 Å². The molecule has 1 saturated heterocycles. The quantitative estimate of drug-likeness (QED) is 0.730. The van der Waals surface area contributed by atoms with Crippen LogP contribution < -0.4 is 10.2 Å². The number of halogens is 1. The number of hydrogen-bond acceptors (Lipinski definition) is 4. The van der Waals surface area contributed by atoms with Crippen LogP contribution in [0.2, 0.25) is 5.02 Å². The number of para-hydroxylation sites is 1. The minimum atomic E-state index is -3.67. The minimum Gasteiger partial charge on any atom is -0.325 e. The largest absolute Gasteiger partial charge is 0.325 e. The zero-order valence-electron chi connectivity index (χ0n) is 17.9. The summed E-state index contributed by atoms with van der Waals surface area (Å²) in [7, 11) is -3.67. The van der Waals surface area contributed by atoms with Crippen LogP contribution in [-0.2, 0) is 26.0 Å². The molecular weight excluding hydrogens is 450 g/mol. The molecule has 0 unspecified atom stereocenters. The Morgan fingerprint density at radius 3 is 2.47 bits per heavy atom. The first kappa shape index (κ1) is 22.8. The van der Waals surface area contributed by atoms with Gasteiger partial charge in [-0.15, -0.1) is 0 Å². The molecule has 2 aliphatic heterocycles. The van der Waals surface area contributed by atoms with Crippen molar-refractivity contribution >= 4 is 44.8 Å². The Balaban J connectivity index is 1.43. The molecule has 32 heavy (non-hydrogen) atoms. The number of rotatable bonds is 4. The third-order valence-corrected chi connectivity index (χ3v) is 8.37. The first-order chi connectivity index (χ1) is 15.3. The summed E-state index contributed by atoms with van der Waals surface area (Å²) < 4.78 is 27.9. The van der Waals surface area contributed by atoms with Crippen molar-refractivity contribution in [1.82, 2.24) is 4.31 Å². The number of sulfonamides is 1. The zero-order valence-corrected chi connectivity index (χ0v) is 19.5. The van der Waals surface area contributed by atoms with Gasteiger partial charge >= 0.3 is 0 Å². The number of carbonyl (C=O) groups excluding carboxylic acids is 2. The number of carbonyl (C=O) groups is 2. The molecule has 0 aliphatic carbocycles. The number of hydrogen-bond donors (Lipinski definition) is 1. The average molecular weight is 476 g/mol. The van der Waals surface area contributed by atoms with E-state index in [0.29, 0.717) is 30.1 Å². The van der Waals surface area contributed by atoms with Gasteiger partial charge < -0.3 is 10.2 Å². The molecule has 0 atom stereocenters. The fourth-order valence-electron chi connectivity index (χ4n) is 4.37. The molecule has 0 aromatic heterocycles. The van der Waals surface area contributed by atoms with E-state index >= 15 is 0 Å². The third kappa shape index (κ3) is 4.53. The number of aryl methyl sites for hydroxylation is 1. The summed E-state index contributed by atoms with van der Waals surface area (Å²) in [4.78, 5) is 26.4. The molecule has 0 radical (unpaired) electrons. The molecule has 4 rings (SSSR count). The Morgan fingerprint density at radius 2 is 1.78 bits per heavy atom. The molecule has 2 aromatic carbocycles. The van der Waals surface area contributed by atoms with Crippen LogP contribution in [0, 0.1) is 5.92 Å². The second kappa shape index (κ2) is 9.21. The van der Waals surface area contributed by atoms with Crippen molar-refractivity contribution in [3.8, 4) is 0 Å². The maximum absolute atomic E-state index is 13.2. The number of fused-ring (bicyclic) bond motifs is 1. The first-order valence-electron chi connectivity index (χ1n) is 10.7. The number of anilines is 2.